The Morgan fingerprint density at radius 1 is 1.45 bits per heavy atom. The summed E-state index contributed by atoms with van der Waals surface area (Å²) < 4.78 is 5.10. The summed E-state index contributed by atoms with van der Waals surface area (Å²) in [6.07, 6.45) is 0.0611. The van der Waals surface area contributed by atoms with Crippen LogP contribution < -0.4 is 11.1 Å². The lowest BCUT2D eigenvalue weighted by Gasteiger charge is -2.19. The number of nitrogen functional groups attached to an aromatic ring is 1. The van der Waals surface area contributed by atoms with Crippen molar-refractivity contribution in [3.8, 4) is 11.8 Å². The van der Waals surface area contributed by atoms with Crippen LogP contribution in [0, 0.1) is 11.8 Å². The van der Waals surface area contributed by atoms with E-state index < -0.39 is 11.7 Å². The Labute approximate surface area is 124 Å². The first kappa shape index (κ1) is 16.2. The lowest BCUT2D eigenvalue weighted by molar-refractivity contribution is 0.0529. The summed E-state index contributed by atoms with van der Waals surface area (Å²) >= 11 is 5.98. The Morgan fingerprint density at radius 2 is 2.15 bits per heavy atom. The molecule has 3 N–H and O–H groups in total. The van der Waals surface area contributed by atoms with Crippen molar-refractivity contribution in [2.24, 2.45) is 0 Å². The van der Waals surface area contributed by atoms with Gasteiger partial charge >= 0.3 is 6.09 Å². The van der Waals surface area contributed by atoms with Crippen LogP contribution in [0.5, 0.6) is 0 Å². The van der Waals surface area contributed by atoms with Crippen LogP contribution in [0.25, 0.3) is 0 Å². The first-order valence-corrected chi connectivity index (χ1v) is 6.66. The van der Waals surface area contributed by atoms with E-state index in [0.29, 0.717) is 29.2 Å². The molecule has 0 heterocycles. The number of carbonyl (C=O) groups excluding carboxylic acids is 1. The number of amides is 1. The zero-order valence-corrected chi connectivity index (χ0v) is 12.7. The Morgan fingerprint density at radius 3 is 2.80 bits per heavy atom. The molecule has 0 spiro atoms. The highest BCUT2D eigenvalue weighted by Crippen LogP contribution is 2.17. The fourth-order valence-corrected chi connectivity index (χ4v) is 1.50. The van der Waals surface area contributed by atoms with Gasteiger partial charge in [-0.05, 0) is 39.0 Å². The van der Waals surface area contributed by atoms with Crippen LogP contribution in [0.15, 0.2) is 18.2 Å². The van der Waals surface area contributed by atoms with Gasteiger partial charge in [-0.2, -0.15) is 0 Å². The molecule has 0 radical (unpaired) electrons. The van der Waals surface area contributed by atoms with Crippen LogP contribution in [-0.2, 0) is 4.74 Å². The van der Waals surface area contributed by atoms with Gasteiger partial charge in [0.25, 0.3) is 0 Å². The molecule has 1 amide bonds. The van der Waals surface area contributed by atoms with E-state index in [2.05, 4.69) is 17.2 Å². The van der Waals surface area contributed by atoms with Crippen molar-refractivity contribution in [3.63, 3.8) is 0 Å². The third-order valence-electron chi connectivity index (χ3n) is 2.13. The van der Waals surface area contributed by atoms with Crippen molar-refractivity contribution in [2.45, 2.75) is 32.8 Å². The van der Waals surface area contributed by atoms with E-state index in [9.17, 15) is 4.79 Å². The summed E-state index contributed by atoms with van der Waals surface area (Å²) in [6, 6.07) is 5.15. The summed E-state index contributed by atoms with van der Waals surface area (Å²) in [5.74, 6) is 5.85. The van der Waals surface area contributed by atoms with Gasteiger partial charge in [-0.25, -0.2) is 4.79 Å². The number of carbonyl (C=O) groups is 1. The highest BCUT2D eigenvalue weighted by Gasteiger charge is 2.15. The zero-order valence-electron chi connectivity index (χ0n) is 11.9. The van der Waals surface area contributed by atoms with Gasteiger partial charge in [-0.15, -0.1) is 0 Å². The quantitative estimate of drug-likeness (QED) is 0.500. The van der Waals surface area contributed by atoms with Crippen LogP contribution in [0.2, 0.25) is 5.02 Å². The standard InChI is InChI=1S/C15H19ClN2O2/c1-15(2,3)20-14(19)18-9-5-4-6-11-10-12(17)7-8-13(11)16/h7-8,10H,5,9,17H2,1-3H3,(H,18,19). The molecule has 108 valence electrons. The molecule has 5 heteroatoms. The third-order valence-corrected chi connectivity index (χ3v) is 2.46. The molecule has 4 nitrogen and oxygen atoms in total. The molecule has 1 aromatic carbocycles. The molecule has 20 heavy (non-hydrogen) atoms. The Hall–Kier alpha value is -1.86. The largest absolute Gasteiger partial charge is 0.444 e. The number of hydrogen-bond acceptors (Lipinski definition) is 3. The van der Waals surface area contributed by atoms with Crippen molar-refractivity contribution in [1.82, 2.24) is 5.32 Å². The average Bonchev–Trinajstić information content (AvgIpc) is 2.30. The lowest BCUT2D eigenvalue weighted by Crippen LogP contribution is -2.32. The van der Waals surface area contributed by atoms with Crippen LogP contribution in [0.4, 0.5) is 10.5 Å². The monoisotopic (exact) mass is 294 g/mol. The Balaban J connectivity index is 2.40. The normalized spacial score (nSPS) is 10.4. The molecule has 1 rings (SSSR count). The predicted molar refractivity (Wildman–Crippen MR) is 81.6 cm³/mol. The van der Waals surface area contributed by atoms with Gasteiger partial charge in [-0.1, -0.05) is 23.4 Å². The first-order valence-electron chi connectivity index (χ1n) is 6.29. The molecule has 0 saturated heterocycles. The molecule has 0 bridgehead atoms. The van der Waals surface area contributed by atoms with E-state index in [1.807, 2.05) is 20.8 Å². The van der Waals surface area contributed by atoms with Gasteiger partial charge in [0, 0.05) is 24.2 Å². The maximum absolute atomic E-state index is 11.4. The fraction of sp³-hybridized carbons (Fsp3) is 0.400. The van der Waals surface area contributed by atoms with E-state index in [-0.39, 0.29) is 0 Å². The highest BCUT2D eigenvalue weighted by atomic mass is 35.5. The zero-order chi connectivity index (χ0) is 15.2. The number of anilines is 1. The minimum Gasteiger partial charge on any atom is -0.444 e. The highest BCUT2D eigenvalue weighted by molar-refractivity contribution is 6.31. The minimum atomic E-state index is -0.495. The number of hydrogen-bond donors (Lipinski definition) is 2. The van der Waals surface area contributed by atoms with E-state index in [0.717, 1.165) is 0 Å². The van der Waals surface area contributed by atoms with Crippen LogP contribution in [0.3, 0.4) is 0 Å². The Bertz CT molecular complexity index is 539. The van der Waals surface area contributed by atoms with Crippen LogP contribution in [0.1, 0.15) is 32.8 Å². The number of alkyl carbamates (subject to hydrolysis) is 1. The summed E-state index contributed by atoms with van der Waals surface area (Å²) in [5.41, 5.74) is 6.46. The second-order valence-corrected chi connectivity index (χ2v) is 5.63. The summed E-state index contributed by atoms with van der Waals surface area (Å²) in [6.45, 7) is 5.86. The first-order chi connectivity index (χ1) is 9.28. The van der Waals surface area contributed by atoms with Crippen LogP contribution >= 0.6 is 11.6 Å². The van der Waals surface area contributed by atoms with Gasteiger partial charge in [-0.3, -0.25) is 0 Å². The number of benzene rings is 1. The van der Waals surface area contributed by atoms with Crippen molar-refractivity contribution in [1.29, 1.82) is 0 Å². The SMILES string of the molecule is CC(C)(C)OC(=O)NCCC#Cc1cc(N)ccc1Cl. The minimum absolute atomic E-state index is 0.419. The molecular weight excluding hydrogens is 276 g/mol. The number of rotatable bonds is 2. The average molecular weight is 295 g/mol. The summed E-state index contributed by atoms with van der Waals surface area (Å²) in [7, 11) is 0. The van der Waals surface area contributed by atoms with E-state index in [1.165, 1.54) is 0 Å². The molecular formula is C15H19ClN2O2. The summed E-state index contributed by atoms with van der Waals surface area (Å²) in [4.78, 5) is 11.4. The smallest absolute Gasteiger partial charge is 0.407 e. The number of nitrogens with two attached hydrogens (primary N) is 1. The van der Waals surface area contributed by atoms with E-state index in [1.54, 1.807) is 18.2 Å². The number of nitrogens with one attached hydrogen (secondary N) is 1. The van der Waals surface area contributed by atoms with Gasteiger partial charge in [0.15, 0.2) is 0 Å². The van der Waals surface area contributed by atoms with Crippen LogP contribution in [-0.4, -0.2) is 18.2 Å². The maximum Gasteiger partial charge on any atom is 0.407 e. The third kappa shape index (κ3) is 6.35. The second-order valence-electron chi connectivity index (χ2n) is 5.22. The predicted octanol–water partition coefficient (Wildman–Crippen LogP) is 3.19. The molecule has 0 aromatic heterocycles. The molecule has 0 aliphatic heterocycles. The van der Waals surface area contributed by atoms with Gasteiger partial charge in [0.05, 0.1) is 5.02 Å². The topological polar surface area (TPSA) is 64.3 Å². The Kier molecular flexibility index (Phi) is 5.72. The molecule has 0 aliphatic carbocycles. The molecule has 0 aliphatic rings. The van der Waals surface area contributed by atoms with Gasteiger partial charge < -0.3 is 15.8 Å². The second kappa shape index (κ2) is 7.06. The number of halogens is 1. The maximum atomic E-state index is 11.4. The van der Waals surface area contributed by atoms with Crippen molar-refractivity contribution < 1.29 is 9.53 Å². The van der Waals surface area contributed by atoms with Gasteiger partial charge in [0.1, 0.15) is 5.60 Å². The summed E-state index contributed by atoms with van der Waals surface area (Å²) in [5, 5.41) is 3.19. The van der Waals surface area contributed by atoms with Crippen molar-refractivity contribution in [3.05, 3.63) is 28.8 Å². The number of ether oxygens (including phenoxy) is 1. The molecule has 0 fully saturated rings. The van der Waals surface area contributed by atoms with Gasteiger partial charge in [0.2, 0.25) is 0 Å². The van der Waals surface area contributed by atoms with E-state index >= 15 is 0 Å². The molecule has 0 atom stereocenters. The molecule has 1 aromatic rings. The van der Waals surface area contributed by atoms with E-state index in [4.69, 9.17) is 22.1 Å². The molecule has 0 saturated carbocycles. The lowest BCUT2D eigenvalue weighted by atomic mass is 10.2. The fourth-order valence-electron chi connectivity index (χ4n) is 1.34. The van der Waals surface area contributed by atoms with Crippen molar-refractivity contribution in [2.75, 3.05) is 12.3 Å². The van der Waals surface area contributed by atoms with Crippen molar-refractivity contribution >= 4 is 23.4 Å². The molecule has 0 unspecified atom stereocenters.